The zero-order valence-corrected chi connectivity index (χ0v) is 12.2. The molecule has 5 nitrogen and oxygen atoms in total. The Morgan fingerprint density at radius 1 is 1.30 bits per heavy atom. The molecule has 0 saturated carbocycles. The molecule has 2 rings (SSSR count). The zero-order valence-electron chi connectivity index (χ0n) is 12.2. The van der Waals surface area contributed by atoms with Crippen molar-refractivity contribution in [2.75, 3.05) is 25.1 Å². The van der Waals surface area contributed by atoms with Crippen LogP contribution in [0.2, 0.25) is 0 Å². The van der Waals surface area contributed by atoms with E-state index in [1.165, 1.54) is 5.56 Å². The molecular weight excluding hydrogens is 252 g/mol. The van der Waals surface area contributed by atoms with E-state index >= 15 is 0 Å². The minimum absolute atomic E-state index is 0.737. The molecule has 0 amide bonds. The first-order chi connectivity index (χ1) is 9.81. The Labute approximate surface area is 120 Å². The normalized spacial score (nSPS) is 10.7. The van der Waals surface area contributed by atoms with Gasteiger partial charge in [-0.2, -0.15) is 0 Å². The van der Waals surface area contributed by atoms with Gasteiger partial charge in [0.05, 0.1) is 12.2 Å². The Morgan fingerprint density at radius 3 is 3.00 bits per heavy atom. The molecule has 0 aromatic carbocycles. The summed E-state index contributed by atoms with van der Waals surface area (Å²) in [5, 5.41) is 3.34. The van der Waals surface area contributed by atoms with Crippen LogP contribution in [0.1, 0.15) is 24.6 Å². The molecule has 0 radical (unpaired) electrons. The number of hydrogen-bond donors (Lipinski definition) is 1. The number of aromatic nitrogens is 3. The van der Waals surface area contributed by atoms with Crippen molar-refractivity contribution >= 4 is 5.95 Å². The summed E-state index contributed by atoms with van der Waals surface area (Å²) in [7, 11) is 0. The van der Waals surface area contributed by atoms with Gasteiger partial charge in [0.25, 0.3) is 0 Å². The fourth-order valence-corrected chi connectivity index (χ4v) is 1.97. The van der Waals surface area contributed by atoms with E-state index in [4.69, 9.17) is 4.74 Å². The Hall–Kier alpha value is -1.88. The average Bonchev–Trinajstić information content (AvgIpc) is 2.89. The van der Waals surface area contributed by atoms with Crippen LogP contribution in [0.5, 0.6) is 0 Å². The molecular formula is C15H22N4O. The summed E-state index contributed by atoms with van der Waals surface area (Å²) in [5.41, 5.74) is 2.27. The van der Waals surface area contributed by atoms with Crippen LogP contribution in [0.4, 0.5) is 5.95 Å². The van der Waals surface area contributed by atoms with Crippen molar-refractivity contribution in [3.63, 3.8) is 0 Å². The fourth-order valence-electron chi connectivity index (χ4n) is 1.97. The Balaban J connectivity index is 1.90. The molecule has 0 aliphatic rings. The summed E-state index contributed by atoms with van der Waals surface area (Å²) >= 11 is 0. The first-order valence-corrected chi connectivity index (χ1v) is 7.04. The van der Waals surface area contributed by atoms with Crippen molar-refractivity contribution in [3.8, 4) is 0 Å². The largest absolute Gasteiger partial charge is 0.382 e. The minimum Gasteiger partial charge on any atom is -0.382 e. The average molecular weight is 274 g/mol. The Kier molecular flexibility index (Phi) is 5.55. The third kappa shape index (κ3) is 4.06. The molecule has 2 heterocycles. The van der Waals surface area contributed by atoms with Crippen LogP contribution in [-0.2, 0) is 11.3 Å². The lowest BCUT2D eigenvalue weighted by Gasteiger charge is -2.10. The van der Waals surface area contributed by atoms with Gasteiger partial charge in [-0.1, -0.05) is 6.07 Å². The number of hydrogen-bond acceptors (Lipinski definition) is 4. The predicted molar refractivity (Wildman–Crippen MR) is 79.9 cm³/mol. The maximum Gasteiger partial charge on any atom is 0.203 e. The smallest absolute Gasteiger partial charge is 0.203 e. The highest BCUT2D eigenvalue weighted by Gasteiger charge is 2.05. The first-order valence-electron chi connectivity index (χ1n) is 7.04. The van der Waals surface area contributed by atoms with Gasteiger partial charge < -0.3 is 14.6 Å². The maximum atomic E-state index is 5.32. The number of nitrogens with zero attached hydrogens (tertiary/aromatic N) is 3. The Bertz CT molecular complexity index is 524. The van der Waals surface area contributed by atoms with Gasteiger partial charge in [-0.3, -0.25) is 4.98 Å². The summed E-state index contributed by atoms with van der Waals surface area (Å²) in [5.74, 6) is 0.881. The van der Waals surface area contributed by atoms with Crippen molar-refractivity contribution in [2.45, 2.75) is 26.8 Å². The number of rotatable bonds is 8. The van der Waals surface area contributed by atoms with E-state index in [9.17, 15) is 0 Å². The molecule has 0 atom stereocenters. The van der Waals surface area contributed by atoms with Gasteiger partial charge in [0.2, 0.25) is 5.95 Å². The Morgan fingerprint density at radius 2 is 2.20 bits per heavy atom. The summed E-state index contributed by atoms with van der Waals surface area (Å²) in [4.78, 5) is 8.76. The fraction of sp³-hybridized carbons (Fsp3) is 0.467. The molecule has 0 fully saturated rings. The molecule has 1 N–H and O–H groups in total. The van der Waals surface area contributed by atoms with Crippen molar-refractivity contribution in [1.29, 1.82) is 0 Å². The number of ether oxygens (including phenoxy) is 1. The van der Waals surface area contributed by atoms with Gasteiger partial charge >= 0.3 is 0 Å². The van der Waals surface area contributed by atoms with Crippen LogP contribution in [0.3, 0.4) is 0 Å². The second-order valence-electron chi connectivity index (χ2n) is 4.62. The molecule has 5 heteroatoms. The number of aryl methyl sites for hydroxylation is 1. The van der Waals surface area contributed by atoms with Crippen molar-refractivity contribution < 1.29 is 4.74 Å². The van der Waals surface area contributed by atoms with Crippen molar-refractivity contribution in [1.82, 2.24) is 14.5 Å². The van der Waals surface area contributed by atoms with Crippen LogP contribution in [0.15, 0.2) is 30.7 Å². The molecule has 0 aliphatic heterocycles. The van der Waals surface area contributed by atoms with Gasteiger partial charge in [0.15, 0.2) is 0 Å². The van der Waals surface area contributed by atoms with Gasteiger partial charge in [0.1, 0.15) is 0 Å². The summed E-state index contributed by atoms with van der Waals surface area (Å²) in [6, 6.07) is 4.04. The quantitative estimate of drug-likeness (QED) is 0.751. The van der Waals surface area contributed by atoms with E-state index < -0.39 is 0 Å². The molecule has 20 heavy (non-hydrogen) atoms. The summed E-state index contributed by atoms with van der Waals surface area (Å²) in [6.07, 6.45) is 6.58. The second kappa shape index (κ2) is 7.65. The highest BCUT2D eigenvalue weighted by atomic mass is 16.5. The summed E-state index contributed by atoms with van der Waals surface area (Å²) < 4.78 is 7.40. The molecule has 2 aromatic rings. The number of pyridine rings is 1. The third-order valence-electron chi connectivity index (χ3n) is 3.11. The second-order valence-corrected chi connectivity index (χ2v) is 4.62. The van der Waals surface area contributed by atoms with E-state index in [1.807, 2.05) is 31.6 Å². The number of nitrogens with one attached hydrogen (secondary N) is 1. The van der Waals surface area contributed by atoms with E-state index in [-0.39, 0.29) is 0 Å². The molecule has 0 unspecified atom stereocenters. The highest BCUT2D eigenvalue weighted by Crippen LogP contribution is 2.10. The topological polar surface area (TPSA) is 52.0 Å². The first kappa shape index (κ1) is 14.5. The SMILES string of the molecule is CCOCCCNc1nccn1Cc1ncccc1C. The van der Waals surface area contributed by atoms with E-state index in [1.54, 1.807) is 0 Å². The van der Waals surface area contributed by atoms with Gasteiger partial charge in [0, 0.05) is 38.3 Å². The number of anilines is 1. The molecule has 0 aliphatic carbocycles. The van der Waals surface area contributed by atoms with Crippen molar-refractivity contribution in [3.05, 3.63) is 42.0 Å². The zero-order chi connectivity index (χ0) is 14.2. The highest BCUT2D eigenvalue weighted by molar-refractivity contribution is 5.28. The van der Waals surface area contributed by atoms with Crippen LogP contribution in [0.25, 0.3) is 0 Å². The maximum absolute atomic E-state index is 5.32. The standard InChI is InChI=1S/C15H22N4O/c1-3-20-11-5-8-17-15-18-9-10-19(15)12-14-13(2)6-4-7-16-14/h4,6-7,9-10H,3,5,8,11-12H2,1-2H3,(H,17,18). The molecule has 0 saturated heterocycles. The van der Waals surface area contributed by atoms with Crippen LogP contribution in [-0.4, -0.2) is 34.3 Å². The van der Waals surface area contributed by atoms with Crippen molar-refractivity contribution in [2.24, 2.45) is 0 Å². The lowest BCUT2D eigenvalue weighted by molar-refractivity contribution is 0.147. The monoisotopic (exact) mass is 274 g/mol. The van der Waals surface area contributed by atoms with Crippen LogP contribution in [0, 0.1) is 6.92 Å². The predicted octanol–water partition coefficient (Wildman–Crippen LogP) is 2.47. The summed E-state index contributed by atoms with van der Waals surface area (Å²) in [6.45, 7) is 7.24. The lowest BCUT2D eigenvalue weighted by atomic mass is 10.2. The molecule has 0 bridgehead atoms. The molecule has 108 valence electrons. The van der Waals surface area contributed by atoms with E-state index in [0.717, 1.165) is 44.4 Å². The van der Waals surface area contributed by atoms with E-state index in [2.05, 4.69) is 32.8 Å². The third-order valence-corrected chi connectivity index (χ3v) is 3.11. The molecule has 2 aromatic heterocycles. The van der Waals surface area contributed by atoms with Gasteiger partial charge in [-0.05, 0) is 31.9 Å². The minimum atomic E-state index is 0.737. The van der Waals surface area contributed by atoms with E-state index in [0.29, 0.717) is 0 Å². The number of imidazole rings is 1. The van der Waals surface area contributed by atoms with Crippen LogP contribution < -0.4 is 5.32 Å². The molecule has 0 spiro atoms. The van der Waals surface area contributed by atoms with Gasteiger partial charge in [-0.25, -0.2) is 4.98 Å². The van der Waals surface area contributed by atoms with Gasteiger partial charge in [-0.15, -0.1) is 0 Å². The van der Waals surface area contributed by atoms with Crippen LogP contribution >= 0.6 is 0 Å². The lowest BCUT2D eigenvalue weighted by Crippen LogP contribution is -2.12.